The van der Waals surface area contributed by atoms with E-state index in [2.05, 4.69) is 4.98 Å². The maximum atomic E-state index is 12.4. The van der Waals surface area contributed by atoms with Gasteiger partial charge in [0, 0.05) is 25.4 Å². The standard InChI is InChI=1S/C13H13ClN2O3S/c1-16(9-10-4-2-3-5-12(10)17)20(18,19)11-6-7-15-13(14)8-11/h2-8,17H,9H2,1H3. The molecule has 0 bridgehead atoms. The lowest BCUT2D eigenvalue weighted by atomic mass is 10.2. The summed E-state index contributed by atoms with van der Waals surface area (Å²) in [7, 11) is -2.24. The molecule has 20 heavy (non-hydrogen) atoms. The normalized spacial score (nSPS) is 11.8. The van der Waals surface area contributed by atoms with Crippen LogP contribution in [0.3, 0.4) is 0 Å². The van der Waals surface area contributed by atoms with Crippen LogP contribution in [0.4, 0.5) is 0 Å². The van der Waals surface area contributed by atoms with Gasteiger partial charge in [-0.3, -0.25) is 0 Å². The van der Waals surface area contributed by atoms with Crippen LogP contribution in [-0.4, -0.2) is 29.9 Å². The maximum Gasteiger partial charge on any atom is 0.243 e. The molecular weight excluding hydrogens is 300 g/mol. The first-order valence-corrected chi connectivity index (χ1v) is 7.58. The van der Waals surface area contributed by atoms with Gasteiger partial charge in [-0.05, 0) is 18.2 Å². The number of benzene rings is 1. The van der Waals surface area contributed by atoms with Crippen molar-refractivity contribution in [3.05, 3.63) is 53.3 Å². The number of phenols is 1. The molecule has 1 aromatic carbocycles. The summed E-state index contributed by atoms with van der Waals surface area (Å²) in [5, 5.41) is 9.80. The predicted molar refractivity (Wildman–Crippen MR) is 76.0 cm³/mol. The van der Waals surface area contributed by atoms with Crippen LogP contribution in [0.2, 0.25) is 5.15 Å². The smallest absolute Gasteiger partial charge is 0.243 e. The summed E-state index contributed by atoms with van der Waals surface area (Å²) < 4.78 is 25.9. The number of pyridine rings is 1. The summed E-state index contributed by atoms with van der Waals surface area (Å²) in [5.74, 6) is 0.0577. The van der Waals surface area contributed by atoms with Crippen molar-refractivity contribution in [2.45, 2.75) is 11.4 Å². The highest BCUT2D eigenvalue weighted by Gasteiger charge is 2.22. The largest absolute Gasteiger partial charge is 0.508 e. The lowest BCUT2D eigenvalue weighted by Gasteiger charge is -2.17. The Hall–Kier alpha value is -1.63. The minimum atomic E-state index is -3.68. The first-order chi connectivity index (χ1) is 9.41. The molecule has 2 rings (SSSR count). The number of aromatic nitrogens is 1. The zero-order valence-electron chi connectivity index (χ0n) is 10.7. The van der Waals surface area contributed by atoms with E-state index in [1.807, 2.05) is 0 Å². The molecule has 0 atom stereocenters. The summed E-state index contributed by atoms with van der Waals surface area (Å²) in [5.41, 5.74) is 0.527. The van der Waals surface area contributed by atoms with Crippen LogP contribution < -0.4 is 0 Å². The number of nitrogens with zero attached hydrogens (tertiary/aromatic N) is 2. The highest BCUT2D eigenvalue weighted by molar-refractivity contribution is 7.89. The molecule has 0 aliphatic carbocycles. The molecule has 1 aromatic heterocycles. The fraction of sp³-hybridized carbons (Fsp3) is 0.154. The van der Waals surface area contributed by atoms with Crippen molar-refractivity contribution in [2.24, 2.45) is 0 Å². The molecule has 1 heterocycles. The topological polar surface area (TPSA) is 70.5 Å². The molecule has 0 fully saturated rings. The van der Waals surface area contributed by atoms with Gasteiger partial charge in [0.05, 0.1) is 4.90 Å². The van der Waals surface area contributed by atoms with Gasteiger partial charge in [0.25, 0.3) is 0 Å². The Morgan fingerprint density at radius 2 is 2.00 bits per heavy atom. The SMILES string of the molecule is CN(Cc1ccccc1O)S(=O)(=O)c1ccnc(Cl)c1. The molecular formula is C13H13ClN2O3S. The van der Waals surface area contributed by atoms with Gasteiger partial charge < -0.3 is 5.11 Å². The minimum absolute atomic E-state index is 0.0577. The van der Waals surface area contributed by atoms with Crippen LogP contribution >= 0.6 is 11.6 Å². The summed E-state index contributed by atoms with van der Waals surface area (Å²) in [4.78, 5) is 3.82. The monoisotopic (exact) mass is 312 g/mol. The van der Waals surface area contributed by atoms with E-state index in [4.69, 9.17) is 11.6 Å². The van der Waals surface area contributed by atoms with Gasteiger partial charge in [0.15, 0.2) is 0 Å². The van der Waals surface area contributed by atoms with Crippen molar-refractivity contribution in [1.29, 1.82) is 0 Å². The molecule has 1 N–H and O–H groups in total. The molecule has 0 spiro atoms. The molecule has 0 aliphatic rings. The second-order valence-electron chi connectivity index (χ2n) is 4.20. The van der Waals surface area contributed by atoms with Crippen LogP contribution in [0.15, 0.2) is 47.5 Å². The second kappa shape index (κ2) is 5.78. The van der Waals surface area contributed by atoms with Gasteiger partial charge in [-0.25, -0.2) is 13.4 Å². The maximum absolute atomic E-state index is 12.4. The Labute approximate surface area is 122 Å². The molecule has 0 amide bonds. The fourth-order valence-electron chi connectivity index (χ4n) is 1.69. The van der Waals surface area contributed by atoms with E-state index >= 15 is 0 Å². The van der Waals surface area contributed by atoms with Gasteiger partial charge in [-0.2, -0.15) is 4.31 Å². The van der Waals surface area contributed by atoms with Gasteiger partial charge in [-0.15, -0.1) is 0 Å². The summed E-state index contributed by atoms with van der Waals surface area (Å²) in [6.07, 6.45) is 1.34. The van der Waals surface area contributed by atoms with Gasteiger partial charge in [0.2, 0.25) is 10.0 Å². The minimum Gasteiger partial charge on any atom is -0.508 e. The van der Waals surface area contributed by atoms with Crippen LogP contribution in [0.25, 0.3) is 0 Å². The van der Waals surface area contributed by atoms with Crippen molar-refractivity contribution in [3.63, 3.8) is 0 Å². The van der Waals surface area contributed by atoms with E-state index in [-0.39, 0.29) is 22.3 Å². The highest BCUT2D eigenvalue weighted by Crippen LogP contribution is 2.22. The number of hydrogen-bond acceptors (Lipinski definition) is 4. The number of para-hydroxylation sites is 1. The number of halogens is 1. The third-order valence-electron chi connectivity index (χ3n) is 2.79. The lowest BCUT2D eigenvalue weighted by Crippen LogP contribution is -2.26. The molecule has 0 aliphatic heterocycles. The Morgan fingerprint density at radius 3 is 2.65 bits per heavy atom. The number of sulfonamides is 1. The van der Waals surface area contributed by atoms with Gasteiger partial charge in [-0.1, -0.05) is 29.8 Å². The van der Waals surface area contributed by atoms with Crippen LogP contribution in [0.1, 0.15) is 5.56 Å². The van der Waals surface area contributed by atoms with Crippen molar-refractivity contribution in [1.82, 2.24) is 9.29 Å². The van der Waals surface area contributed by atoms with Gasteiger partial charge in [0.1, 0.15) is 10.9 Å². The van der Waals surface area contributed by atoms with Gasteiger partial charge >= 0.3 is 0 Å². The Morgan fingerprint density at radius 1 is 1.30 bits per heavy atom. The molecule has 106 valence electrons. The van der Waals surface area contributed by atoms with Crippen molar-refractivity contribution in [2.75, 3.05) is 7.05 Å². The predicted octanol–water partition coefficient (Wildman–Crippen LogP) is 2.26. The lowest BCUT2D eigenvalue weighted by molar-refractivity contribution is 0.436. The zero-order valence-corrected chi connectivity index (χ0v) is 12.3. The quantitative estimate of drug-likeness (QED) is 0.879. The summed E-state index contributed by atoms with van der Waals surface area (Å²) >= 11 is 5.71. The number of aromatic hydroxyl groups is 1. The van der Waals surface area contributed by atoms with E-state index in [1.165, 1.54) is 31.4 Å². The molecule has 0 saturated heterocycles. The average molecular weight is 313 g/mol. The van der Waals surface area contributed by atoms with Crippen molar-refractivity contribution >= 4 is 21.6 Å². The molecule has 0 unspecified atom stereocenters. The zero-order chi connectivity index (χ0) is 14.8. The first-order valence-electron chi connectivity index (χ1n) is 5.76. The van der Waals surface area contributed by atoms with E-state index in [0.717, 1.165) is 4.31 Å². The second-order valence-corrected chi connectivity index (χ2v) is 6.64. The highest BCUT2D eigenvalue weighted by atomic mass is 35.5. The average Bonchev–Trinajstić information content (AvgIpc) is 2.41. The number of hydrogen-bond donors (Lipinski definition) is 1. The third-order valence-corrected chi connectivity index (χ3v) is 4.80. The number of phenolic OH excluding ortho intramolecular Hbond substituents is 1. The Kier molecular flexibility index (Phi) is 4.27. The van der Waals surface area contributed by atoms with Crippen LogP contribution in [0, 0.1) is 0 Å². The third kappa shape index (κ3) is 3.09. The van der Waals surface area contributed by atoms with Crippen molar-refractivity contribution in [3.8, 4) is 5.75 Å². The molecule has 5 nitrogen and oxygen atoms in total. The van der Waals surface area contributed by atoms with Crippen LogP contribution in [0.5, 0.6) is 5.75 Å². The van der Waals surface area contributed by atoms with Crippen molar-refractivity contribution < 1.29 is 13.5 Å². The van der Waals surface area contributed by atoms with E-state index in [0.29, 0.717) is 5.56 Å². The molecule has 7 heteroatoms. The number of rotatable bonds is 4. The Bertz CT molecular complexity index is 719. The van der Waals surface area contributed by atoms with Crippen LogP contribution in [-0.2, 0) is 16.6 Å². The van der Waals surface area contributed by atoms with E-state index in [1.54, 1.807) is 18.2 Å². The van der Waals surface area contributed by atoms with E-state index in [9.17, 15) is 13.5 Å². The summed E-state index contributed by atoms with van der Waals surface area (Å²) in [6, 6.07) is 9.26. The first kappa shape index (κ1) is 14.8. The molecule has 2 aromatic rings. The van der Waals surface area contributed by atoms with E-state index < -0.39 is 10.0 Å². The molecule has 0 radical (unpaired) electrons. The summed E-state index contributed by atoms with van der Waals surface area (Å²) in [6.45, 7) is 0.0644. The molecule has 0 saturated carbocycles. The fourth-order valence-corrected chi connectivity index (χ4v) is 3.10. The Balaban J connectivity index is 2.29.